The van der Waals surface area contributed by atoms with Crippen LogP contribution in [0.2, 0.25) is 0 Å². The number of hydrogen-bond acceptors (Lipinski definition) is 4. The Morgan fingerprint density at radius 3 is 2.50 bits per heavy atom. The van der Waals surface area contributed by atoms with Crippen LogP contribution in [-0.4, -0.2) is 47.7 Å². The van der Waals surface area contributed by atoms with Gasteiger partial charge in [0.2, 0.25) is 17.7 Å². The van der Waals surface area contributed by atoms with Gasteiger partial charge in [0.1, 0.15) is 5.82 Å². The fourth-order valence-corrected chi connectivity index (χ4v) is 1.82. The molecule has 0 fully saturated rings. The first kappa shape index (κ1) is 17.4. The maximum atomic E-state index is 11.8. The number of carbonyl (C=O) groups excluding carboxylic acids is 3. The summed E-state index contributed by atoms with van der Waals surface area (Å²) in [6, 6.07) is 3.31. The molecule has 0 atom stereocenters. The lowest BCUT2D eigenvalue weighted by Gasteiger charge is -2.18. The topological polar surface area (TPSA) is 82.6 Å². The van der Waals surface area contributed by atoms with Crippen LogP contribution in [0.1, 0.15) is 13.8 Å². The van der Waals surface area contributed by atoms with E-state index in [0.717, 1.165) is 6.08 Å². The number of likely N-dealkylation sites (N-methyl/N-ethyl adjacent to an activating group) is 1. The van der Waals surface area contributed by atoms with Crippen LogP contribution in [0.25, 0.3) is 0 Å². The van der Waals surface area contributed by atoms with Gasteiger partial charge in [0.05, 0.1) is 18.4 Å². The molecule has 3 amide bonds. The van der Waals surface area contributed by atoms with E-state index in [1.54, 1.807) is 12.1 Å². The van der Waals surface area contributed by atoms with Crippen LogP contribution in [0.4, 0.5) is 11.5 Å². The third-order valence-electron chi connectivity index (χ3n) is 2.94. The molecule has 0 spiro atoms. The fraction of sp³-hybridized carbons (Fsp3) is 0.333. The second kappa shape index (κ2) is 7.92. The van der Waals surface area contributed by atoms with Crippen molar-refractivity contribution in [3.63, 3.8) is 0 Å². The second-order valence-corrected chi connectivity index (χ2v) is 4.61. The predicted octanol–water partition coefficient (Wildman–Crippen LogP) is 1.04. The van der Waals surface area contributed by atoms with Gasteiger partial charge in [0.25, 0.3) is 0 Å². The summed E-state index contributed by atoms with van der Waals surface area (Å²) in [5.74, 6) is -0.252. The minimum Gasteiger partial charge on any atom is -0.333 e. The molecule has 0 saturated carbocycles. The van der Waals surface area contributed by atoms with Gasteiger partial charge in [-0.3, -0.25) is 19.3 Å². The van der Waals surface area contributed by atoms with Gasteiger partial charge in [0.15, 0.2) is 0 Å². The number of amides is 3. The summed E-state index contributed by atoms with van der Waals surface area (Å²) >= 11 is 0. The van der Waals surface area contributed by atoms with Gasteiger partial charge in [-0.15, -0.1) is 0 Å². The first-order valence-electron chi connectivity index (χ1n) is 6.80. The zero-order valence-corrected chi connectivity index (χ0v) is 13.0. The molecule has 0 aliphatic heterocycles. The van der Waals surface area contributed by atoms with Crippen molar-refractivity contribution in [2.45, 2.75) is 13.8 Å². The van der Waals surface area contributed by atoms with Crippen LogP contribution in [0.3, 0.4) is 0 Å². The lowest BCUT2D eigenvalue weighted by Crippen LogP contribution is -2.33. The third kappa shape index (κ3) is 4.69. The van der Waals surface area contributed by atoms with Gasteiger partial charge >= 0.3 is 0 Å². The Kier molecular flexibility index (Phi) is 6.25. The van der Waals surface area contributed by atoms with Crippen molar-refractivity contribution in [1.29, 1.82) is 0 Å². The highest BCUT2D eigenvalue weighted by molar-refractivity contribution is 5.96. The van der Waals surface area contributed by atoms with Crippen molar-refractivity contribution in [2.24, 2.45) is 0 Å². The zero-order chi connectivity index (χ0) is 16.7. The molecule has 118 valence electrons. The van der Waals surface area contributed by atoms with Gasteiger partial charge in [-0.05, 0) is 25.1 Å². The summed E-state index contributed by atoms with van der Waals surface area (Å²) in [6.45, 7) is 7.11. The smallest absolute Gasteiger partial charge is 0.246 e. The van der Waals surface area contributed by atoms with Crippen molar-refractivity contribution >= 4 is 29.2 Å². The molecule has 1 heterocycles. The summed E-state index contributed by atoms with van der Waals surface area (Å²) in [4.78, 5) is 41.4. The van der Waals surface area contributed by atoms with E-state index >= 15 is 0 Å². The highest BCUT2D eigenvalue weighted by Gasteiger charge is 2.12. The molecule has 0 aliphatic carbocycles. The normalized spacial score (nSPS) is 9.77. The fourth-order valence-electron chi connectivity index (χ4n) is 1.82. The molecule has 7 heteroatoms. The molecule has 1 aromatic heterocycles. The van der Waals surface area contributed by atoms with Crippen molar-refractivity contribution in [1.82, 2.24) is 9.88 Å². The maximum absolute atomic E-state index is 11.8. The van der Waals surface area contributed by atoms with Crippen LogP contribution < -0.4 is 10.2 Å². The molecular weight excluding hydrogens is 284 g/mol. The number of nitrogens with one attached hydrogen (secondary N) is 1. The predicted molar refractivity (Wildman–Crippen MR) is 84.4 cm³/mol. The van der Waals surface area contributed by atoms with E-state index < -0.39 is 0 Å². The second-order valence-electron chi connectivity index (χ2n) is 4.61. The molecule has 1 aromatic rings. The summed E-state index contributed by atoms with van der Waals surface area (Å²) < 4.78 is 0. The number of rotatable bonds is 6. The molecule has 0 unspecified atom stereocenters. The van der Waals surface area contributed by atoms with Gasteiger partial charge in [0, 0.05) is 20.5 Å². The van der Waals surface area contributed by atoms with Crippen LogP contribution in [-0.2, 0) is 14.4 Å². The third-order valence-corrected chi connectivity index (χ3v) is 2.94. The maximum Gasteiger partial charge on any atom is 0.246 e. The molecule has 0 aliphatic rings. The minimum absolute atomic E-state index is 0.0822. The molecule has 0 aromatic carbocycles. The molecule has 1 rings (SSSR count). The summed E-state index contributed by atoms with van der Waals surface area (Å²) in [6.07, 6.45) is 2.61. The Bertz CT molecular complexity index is 569. The largest absolute Gasteiger partial charge is 0.333 e. The van der Waals surface area contributed by atoms with E-state index in [2.05, 4.69) is 16.9 Å². The highest BCUT2D eigenvalue weighted by atomic mass is 16.2. The van der Waals surface area contributed by atoms with Crippen molar-refractivity contribution in [3.05, 3.63) is 31.0 Å². The number of aromatic nitrogens is 1. The first-order valence-corrected chi connectivity index (χ1v) is 6.80. The van der Waals surface area contributed by atoms with E-state index in [1.807, 2.05) is 6.92 Å². The first-order chi connectivity index (χ1) is 10.4. The van der Waals surface area contributed by atoms with Crippen molar-refractivity contribution < 1.29 is 14.4 Å². The quantitative estimate of drug-likeness (QED) is 0.796. The van der Waals surface area contributed by atoms with E-state index in [0.29, 0.717) is 18.1 Å². The average molecular weight is 304 g/mol. The van der Waals surface area contributed by atoms with E-state index in [-0.39, 0.29) is 24.3 Å². The lowest BCUT2D eigenvalue weighted by molar-refractivity contribution is -0.129. The standard InChI is InChI=1S/C15H20N4O3/c1-5-15(22)18(4)10-14(21)17-12-7-8-13(16-9-12)19(6-2)11(3)20/h5,7-9H,1,6,10H2,2-4H3,(H,17,21). The van der Waals surface area contributed by atoms with E-state index in [9.17, 15) is 14.4 Å². The molecule has 0 bridgehead atoms. The van der Waals surface area contributed by atoms with Gasteiger partial charge < -0.3 is 10.2 Å². The van der Waals surface area contributed by atoms with Crippen molar-refractivity contribution in [2.75, 3.05) is 30.4 Å². The average Bonchev–Trinajstić information content (AvgIpc) is 2.48. The number of carbonyl (C=O) groups is 3. The van der Waals surface area contributed by atoms with Crippen LogP contribution in [0.5, 0.6) is 0 Å². The van der Waals surface area contributed by atoms with Crippen molar-refractivity contribution in [3.8, 4) is 0 Å². The molecule has 0 radical (unpaired) electrons. The molecule has 0 saturated heterocycles. The van der Waals surface area contributed by atoms with Crippen LogP contribution in [0.15, 0.2) is 31.0 Å². The lowest BCUT2D eigenvalue weighted by atomic mass is 10.3. The Morgan fingerprint density at radius 1 is 1.36 bits per heavy atom. The monoisotopic (exact) mass is 304 g/mol. The number of anilines is 2. The highest BCUT2D eigenvalue weighted by Crippen LogP contribution is 2.14. The van der Waals surface area contributed by atoms with Gasteiger partial charge in [-0.2, -0.15) is 0 Å². The van der Waals surface area contributed by atoms with E-state index in [4.69, 9.17) is 0 Å². The number of hydrogen-bond donors (Lipinski definition) is 1. The SMILES string of the molecule is C=CC(=O)N(C)CC(=O)Nc1ccc(N(CC)C(C)=O)nc1. The zero-order valence-electron chi connectivity index (χ0n) is 13.0. The summed E-state index contributed by atoms with van der Waals surface area (Å²) in [5.41, 5.74) is 0.493. The summed E-state index contributed by atoms with van der Waals surface area (Å²) in [5, 5.41) is 2.63. The molecule has 22 heavy (non-hydrogen) atoms. The Hall–Kier alpha value is -2.70. The Balaban J connectivity index is 2.68. The van der Waals surface area contributed by atoms with Gasteiger partial charge in [-0.25, -0.2) is 4.98 Å². The van der Waals surface area contributed by atoms with Crippen LogP contribution >= 0.6 is 0 Å². The van der Waals surface area contributed by atoms with E-state index in [1.165, 1.54) is 30.0 Å². The van der Waals surface area contributed by atoms with Gasteiger partial charge in [-0.1, -0.05) is 6.58 Å². The molecule has 7 nitrogen and oxygen atoms in total. The Morgan fingerprint density at radius 2 is 2.05 bits per heavy atom. The minimum atomic E-state index is -0.342. The summed E-state index contributed by atoms with van der Waals surface area (Å²) in [7, 11) is 1.51. The molecule has 1 N–H and O–H groups in total. The Labute approximate surface area is 129 Å². The number of nitrogens with zero attached hydrogens (tertiary/aromatic N) is 3. The molecular formula is C15H20N4O3. The number of pyridine rings is 1. The van der Waals surface area contributed by atoms with Crippen LogP contribution in [0, 0.1) is 0 Å².